The van der Waals surface area contributed by atoms with Crippen LogP contribution in [0.4, 0.5) is 13.2 Å². The van der Waals surface area contributed by atoms with Gasteiger partial charge in [-0.05, 0) is 48.9 Å². The van der Waals surface area contributed by atoms with Gasteiger partial charge in [0.05, 0.1) is 6.61 Å². The van der Waals surface area contributed by atoms with Crippen LogP contribution in [0, 0.1) is 0 Å². The Bertz CT molecular complexity index is 412. The number of halogens is 4. The van der Waals surface area contributed by atoms with E-state index in [0.717, 1.165) is 10.0 Å². The summed E-state index contributed by atoms with van der Waals surface area (Å²) >= 11 is 3.32. The molecule has 0 saturated heterocycles. The topological polar surface area (TPSA) is 35.2 Å². The molecule has 108 valence electrons. The van der Waals surface area contributed by atoms with Crippen molar-refractivity contribution in [1.29, 1.82) is 0 Å². The summed E-state index contributed by atoms with van der Waals surface area (Å²) in [5.74, 6) is 0.434. The molecule has 0 heterocycles. The van der Waals surface area contributed by atoms with Gasteiger partial charge in [0.2, 0.25) is 0 Å². The van der Waals surface area contributed by atoms with Gasteiger partial charge in [-0.3, -0.25) is 0 Å². The molecule has 1 atom stereocenters. The van der Waals surface area contributed by atoms with Crippen LogP contribution in [0.25, 0.3) is 0 Å². The second-order valence-electron chi connectivity index (χ2n) is 4.08. The first-order valence-corrected chi connectivity index (χ1v) is 7.43. The van der Waals surface area contributed by atoms with E-state index in [1.54, 1.807) is 12.1 Å². The molecule has 2 nitrogen and oxygen atoms in total. The van der Waals surface area contributed by atoms with Crippen molar-refractivity contribution >= 4 is 27.7 Å². The highest BCUT2D eigenvalue weighted by Gasteiger charge is 2.27. The van der Waals surface area contributed by atoms with Crippen LogP contribution in [0.15, 0.2) is 22.7 Å². The van der Waals surface area contributed by atoms with Crippen molar-refractivity contribution < 1.29 is 17.9 Å². The average Bonchev–Trinajstić information content (AvgIpc) is 2.26. The zero-order valence-corrected chi connectivity index (χ0v) is 12.7. The van der Waals surface area contributed by atoms with Crippen LogP contribution in [0.5, 0.6) is 5.75 Å². The average molecular weight is 358 g/mol. The van der Waals surface area contributed by atoms with Crippen molar-refractivity contribution in [3.05, 3.63) is 28.2 Å². The molecule has 1 aromatic carbocycles. The van der Waals surface area contributed by atoms with Crippen LogP contribution in [0.1, 0.15) is 12.5 Å². The highest BCUT2D eigenvalue weighted by Crippen LogP contribution is 2.30. The van der Waals surface area contributed by atoms with E-state index >= 15 is 0 Å². The van der Waals surface area contributed by atoms with Crippen molar-refractivity contribution in [2.24, 2.45) is 5.73 Å². The molecule has 0 amide bonds. The van der Waals surface area contributed by atoms with E-state index < -0.39 is 5.51 Å². The zero-order chi connectivity index (χ0) is 14.5. The number of ether oxygens (including phenoxy) is 1. The summed E-state index contributed by atoms with van der Waals surface area (Å²) in [6, 6.07) is 5.33. The lowest BCUT2D eigenvalue weighted by atomic mass is 10.1. The Balaban J connectivity index is 2.50. The molecule has 1 unspecified atom stereocenters. The minimum atomic E-state index is -4.21. The van der Waals surface area contributed by atoms with E-state index in [1.165, 1.54) is 0 Å². The number of alkyl halides is 3. The number of hydrogen-bond acceptors (Lipinski definition) is 3. The van der Waals surface area contributed by atoms with Crippen LogP contribution >= 0.6 is 27.7 Å². The summed E-state index contributed by atoms with van der Waals surface area (Å²) in [4.78, 5) is 0. The third-order valence-electron chi connectivity index (χ3n) is 2.18. The summed E-state index contributed by atoms with van der Waals surface area (Å²) in [5.41, 5.74) is 2.50. The minimum absolute atomic E-state index is 0.00679. The lowest BCUT2D eigenvalue weighted by Gasteiger charge is -2.11. The van der Waals surface area contributed by atoms with E-state index in [9.17, 15) is 13.2 Å². The van der Waals surface area contributed by atoms with Gasteiger partial charge in [-0.25, -0.2) is 0 Å². The maximum Gasteiger partial charge on any atom is 0.441 e. The molecule has 0 spiro atoms. The van der Waals surface area contributed by atoms with Gasteiger partial charge in [0, 0.05) is 16.3 Å². The van der Waals surface area contributed by atoms with Crippen LogP contribution in [0.3, 0.4) is 0 Å². The van der Waals surface area contributed by atoms with Crippen molar-refractivity contribution in [1.82, 2.24) is 0 Å². The maximum absolute atomic E-state index is 11.9. The van der Waals surface area contributed by atoms with Crippen molar-refractivity contribution in [2.75, 3.05) is 12.4 Å². The van der Waals surface area contributed by atoms with Gasteiger partial charge in [-0.2, -0.15) is 13.2 Å². The molecule has 0 fully saturated rings. The summed E-state index contributed by atoms with van der Waals surface area (Å²) in [7, 11) is 0. The van der Waals surface area contributed by atoms with Crippen LogP contribution in [-0.2, 0) is 6.42 Å². The molecule has 0 aromatic heterocycles. The van der Waals surface area contributed by atoms with Crippen LogP contribution in [-0.4, -0.2) is 23.9 Å². The van der Waals surface area contributed by atoms with E-state index in [1.807, 2.05) is 13.0 Å². The number of rotatable bonds is 6. The maximum atomic E-state index is 11.9. The number of nitrogens with two attached hydrogens (primary N) is 1. The third kappa shape index (κ3) is 7.08. The SMILES string of the molecule is CC(N)Cc1cc(OCCSC(F)(F)F)ccc1Br. The molecular weight excluding hydrogens is 343 g/mol. The summed E-state index contributed by atoms with van der Waals surface area (Å²) in [6.07, 6.45) is 0.676. The molecule has 0 aliphatic heterocycles. The largest absolute Gasteiger partial charge is 0.493 e. The number of hydrogen-bond donors (Lipinski definition) is 1. The molecule has 0 aliphatic rings. The smallest absolute Gasteiger partial charge is 0.441 e. The first-order valence-electron chi connectivity index (χ1n) is 5.65. The highest BCUT2D eigenvalue weighted by atomic mass is 79.9. The van der Waals surface area contributed by atoms with E-state index in [4.69, 9.17) is 10.5 Å². The second kappa shape index (κ2) is 7.40. The van der Waals surface area contributed by atoms with Crippen molar-refractivity contribution in [3.63, 3.8) is 0 Å². The van der Waals surface area contributed by atoms with Gasteiger partial charge < -0.3 is 10.5 Å². The Hall–Kier alpha value is -0.400. The molecule has 0 saturated carbocycles. The lowest BCUT2D eigenvalue weighted by Crippen LogP contribution is -2.18. The van der Waals surface area contributed by atoms with Gasteiger partial charge in [-0.1, -0.05) is 15.9 Å². The monoisotopic (exact) mass is 357 g/mol. The highest BCUT2D eigenvalue weighted by molar-refractivity contribution is 9.10. The quantitative estimate of drug-likeness (QED) is 0.782. The zero-order valence-electron chi connectivity index (χ0n) is 10.3. The normalized spacial score (nSPS) is 13.4. The molecule has 0 aliphatic carbocycles. The van der Waals surface area contributed by atoms with Crippen LogP contribution < -0.4 is 10.5 Å². The van der Waals surface area contributed by atoms with Gasteiger partial charge in [0.15, 0.2) is 0 Å². The second-order valence-corrected chi connectivity index (χ2v) is 6.09. The molecule has 2 N–H and O–H groups in total. The lowest BCUT2D eigenvalue weighted by molar-refractivity contribution is -0.0329. The fourth-order valence-electron chi connectivity index (χ4n) is 1.46. The Morgan fingerprint density at radius 2 is 2.11 bits per heavy atom. The Kier molecular flexibility index (Phi) is 6.49. The molecule has 0 bridgehead atoms. The van der Waals surface area contributed by atoms with Crippen molar-refractivity contribution in [3.8, 4) is 5.75 Å². The number of benzene rings is 1. The molecule has 1 rings (SSSR count). The third-order valence-corrected chi connectivity index (χ3v) is 3.65. The van der Waals surface area contributed by atoms with Gasteiger partial charge in [-0.15, -0.1) is 0 Å². The Labute approximate surface area is 123 Å². The summed E-state index contributed by atoms with van der Waals surface area (Å²) in [5, 5.41) is 0. The molecular formula is C12H15BrF3NOS. The minimum Gasteiger partial charge on any atom is -0.493 e. The molecule has 0 radical (unpaired) electrons. The van der Waals surface area contributed by atoms with Gasteiger partial charge in [0.25, 0.3) is 0 Å². The predicted octanol–water partition coefficient (Wildman–Crippen LogP) is 3.97. The fraction of sp³-hybridized carbons (Fsp3) is 0.500. The Morgan fingerprint density at radius 1 is 1.42 bits per heavy atom. The fourth-order valence-corrected chi connectivity index (χ4v) is 2.27. The van der Waals surface area contributed by atoms with E-state index in [-0.39, 0.29) is 30.2 Å². The van der Waals surface area contributed by atoms with Gasteiger partial charge in [0.1, 0.15) is 5.75 Å². The number of thioether (sulfide) groups is 1. The molecule has 1 aromatic rings. The standard InChI is InChI=1S/C12H15BrF3NOS/c1-8(17)6-9-7-10(2-3-11(9)13)18-4-5-19-12(14,15)16/h2-3,7-8H,4-6,17H2,1H3. The van der Waals surface area contributed by atoms with Gasteiger partial charge >= 0.3 is 5.51 Å². The molecule has 19 heavy (non-hydrogen) atoms. The summed E-state index contributed by atoms with van der Waals surface area (Å²) < 4.78 is 42.0. The first kappa shape index (κ1) is 16.7. The summed E-state index contributed by atoms with van der Waals surface area (Å²) in [6.45, 7) is 1.91. The first-order chi connectivity index (χ1) is 8.78. The van der Waals surface area contributed by atoms with E-state index in [0.29, 0.717) is 12.2 Å². The Morgan fingerprint density at radius 3 is 2.68 bits per heavy atom. The van der Waals surface area contributed by atoms with E-state index in [2.05, 4.69) is 15.9 Å². The molecule has 7 heteroatoms. The van der Waals surface area contributed by atoms with Crippen molar-refractivity contribution in [2.45, 2.75) is 24.9 Å². The predicted molar refractivity (Wildman–Crippen MR) is 75.5 cm³/mol. The van der Waals surface area contributed by atoms with Crippen LogP contribution in [0.2, 0.25) is 0 Å².